The van der Waals surface area contributed by atoms with E-state index in [0.29, 0.717) is 11.6 Å². The number of nitroso groups, excluding NO2 is 1. The van der Waals surface area contributed by atoms with Gasteiger partial charge in [0.2, 0.25) is 0 Å². The molecule has 1 aliphatic rings. The van der Waals surface area contributed by atoms with Crippen LogP contribution in [0.5, 0.6) is 0 Å². The zero-order valence-corrected chi connectivity index (χ0v) is 5.37. The molecule has 0 amide bonds. The van der Waals surface area contributed by atoms with E-state index in [0.717, 1.165) is 6.42 Å². The Morgan fingerprint density at radius 3 is 3.00 bits per heavy atom. The van der Waals surface area contributed by atoms with Crippen molar-refractivity contribution in [2.45, 2.75) is 13.3 Å². The Morgan fingerprint density at radius 1 is 1.78 bits per heavy atom. The molecule has 0 bridgehead atoms. The van der Waals surface area contributed by atoms with E-state index in [1.807, 2.05) is 6.08 Å². The highest BCUT2D eigenvalue weighted by atomic mass is 16.3. The van der Waals surface area contributed by atoms with Gasteiger partial charge in [-0.3, -0.25) is 0 Å². The van der Waals surface area contributed by atoms with Crippen molar-refractivity contribution < 1.29 is 0 Å². The molecule has 0 fully saturated rings. The van der Waals surface area contributed by atoms with Gasteiger partial charge in [0.05, 0.1) is 5.70 Å². The van der Waals surface area contributed by atoms with E-state index in [1.54, 1.807) is 6.08 Å². The van der Waals surface area contributed by atoms with Crippen LogP contribution in [-0.4, -0.2) is 0 Å². The Bertz CT molecular complexity index is 170. The fraction of sp³-hybridized carbons (Fsp3) is 0.429. The molecular weight excluding hydrogens is 114 g/mol. The highest BCUT2D eigenvalue weighted by Gasteiger charge is 2.05. The van der Waals surface area contributed by atoms with E-state index in [4.69, 9.17) is 0 Å². The van der Waals surface area contributed by atoms with Crippen molar-refractivity contribution >= 4 is 0 Å². The average molecular weight is 123 g/mol. The lowest BCUT2D eigenvalue weighted by molar-refractivity contribution is 0.701. The third kappa shape index (κ3) is 1.49. The van der Waals surface area contributed by atoms with Gasteiger partial charge < -0.3 is 0 Å². The molecule has 1 rings (SSSR count). The van der Waals surface area contributed by atoms with E-state index in [9.17, 15) is 4.91 Å². The predicted molar refractivity (Wildman–Crippen MR) is 36.8 cm³/mol. The maximum Gasteiger partial charge on any atom is 0.0854 e. The molecule has 0 aromatic rings. The first-order chi connectivity index (χ1) is 4.33. The van der Waals surface area contributed by atoms with Crippen molar-refractivity contribution in [2.24, 2.45) is 11.1 Å². The van der Waals surface area contributed by atoms with E-state index in [-0.39, 0.29) is 0 Å². The zero-order valence-electron chi connectivity index (χ0n) is 5.37. The maximum atomic E-state index is 9.95. The van der Waals surface area contributed by atoms with Crippen molar-refractivity contribution in [1.29, 1.82) is 0 Å². The summed E-state index contributed by atoms with van der Waals surface area (Å²) < 4.78 is 0. The smallest absolute Gasteiger partial charge is 0.0854 e. The molecule has 2 heteroatoms. The van der Waals surface area contributed by atoms with E-state index in [2.05, 4.69) is 18.2 Å². The second-order valence-corrected chi connectivity index (χ2v) is 2.32. The molecule has 1 unspecified atom stereocenters. The van der Waals surface area contributed by atoms with Gasteiger partial charge >= 0.3 is 0 Å². The fourth-order valence-electron chi connectivity index (χ4n) is 0.890. The highest BCUT2D eigenvalue weighted by Crippen LogP contribution is 2.17. The van der Waals surface area contributed by atoms with Gasteiger partial charge in [0.25, 0.3) is 0 Å². The number of rotatable bonds is 1. The van der Waals surface area contributed by atoms with Gasteiger partial charge in [-0.25, -0.2) is 0 Å². The minimum absolute atomic E-state index is 0.475. The van der Waals surface area contributed by atoms with Crippen LogP contribution in [0.3, 0.4) is 0 Å². The molecule has 0 heterocycles. The molecule has 0 radical (unpaired) electrons. The van der Waals surface area contributed by atoms with E-state index in [1.165, 1.54) is 0 Å². The minimum Gasteiger partial charge on any atom is -0.145 e. The van der Waals surface area contributed by atoms with Gasteiger partial charge in [0, 0.05) is 0 Å². The number of hydrogen-bond acceptors (Lipinski definition) is 2. The highest BCUT2D eigenvalue weighted by molar-refractivity contribution is 5.17. The third-order valence-corrected chi connectivity index (χ3v) is 1.38. The molecule has 0 saturated carbocycles. The molecule has 0 aromatic carbocycles. The first kappa shape index (κ1) is 6.20. The van der Waals surface area contributed by atoms with Crippen LogP contribution < -0.4 is 0 Å². The first-order valence-corrected chi connectivity index (χ1v) is 3.03. The lowest BCUT2D eigenvalue weighted by Gasteiger charge is -2.06. The Labute approximate surface area is 54.2 Å². The first-order valence-electron chi connectivity index (χ1n) is 3.03. The van der Waals surface area contributed by atoms with Crippen LogP contribution in [0, 0.1) is 10.8 Å². The molecule has 1 atom stereocenters. The summed E-state index contributed by atoms with van der Waals surface area (Å²) in [5.74, 6) is 0.475. The van der Waals surface area contributed by atoms with E-state index >= 15 is 0 Å². The minimum atomic E-state index is 0.475. The van der Waals surface area contributed by atoms with Crippen molar-refractivity contribution in [3.8, 4) is 0 Å². The van der Waals surface area contributed by atoms with Crippen LogP contribution in [-0.2, 0) is 0 Å². The average Bonchev–Trinajstić information content (AvgIpc) is 1.88. The monoisotopic (exact) mass is 123 g/mol. The molecule has 0 spiro atoms. The molecule has 0 N–H and O–H groups in total. The second kappa shape index (κ2) is 2.58. The summed E-state index contributed by atoms with van der Waals surface area (Å²) >= 11 is 0. The van der Waals surface area contributed by atoms with Crippen molar-refractivity contribution in [1.82, 2.24) is 0 Å². The molecule has 0 aliphatic heterocycles. The molecule has 2 nitrogen and oxygen atoms in total. The van der Waals surface area contributed by atoms with Crippen LogP contribution in [0.4, 0.5) is 0 Å². The summed E-state index contributed by atoms with van der Waals surface area (Å²) in [7, 11) is 0. The largest absolute Gasteiger partial charge is 0.145 e. The maximum absolute atomic E-state index is 9.95. The van der Waals surface area contributed by atoms with Crippen LogP contribution in [0.15, 0.2) is 29.1 Å². The van der Waals surface area contributed by atoms with Crippen molar-refractivity contribution in [2.75, 3.05) is 0 Å². The third-order valence-electron chi connectivity index (χ3n) is 1.38. The predicted octanol–water partition coefficient (Wildman–Crippen LogP) is 2.23. The normalized spacial score (nSPS) is 25.4. The SMILES string of the molecule is CC1C=CC=C(N=O)C1. The second-order valence-electron chi connectivity index (χ2n) is 2.32. The molecule has 0 aromatic heterocycles. The lowest BCUT2D eigenvalue weighted by Crippen LogP contribution is -1.94. The number of hydrogen-bond donors (Lipinski definition) is 0. The van der Waals surface area contributed by atoms with Crippen LogP contribution >= 0.6 is 0 Å². The van der Waals surface area contributed by atoms with Gasteiger partial charge in [-0.2, -0.15) is 0 Å². The topological polar surface area (TPSA) is 29.4 Å². The zero-order chi connectivity index (χ0) is 6.69. The van der Waals surface area contributed by atoms with E-state index < -0.39 is 0 Å². The standard InChI is InChI=1S/C7H9NO/c1-6-3-2-4-7(5-6)8-9/h2-4,6H,5H2,1H3. The Hall–Kier alpha value is -0.920. The van der Waals surface area contributed by atoms with Gasteiger partial charge in [-0.05, 0) is 23.6 Å². The summed E-state index contributed by atoms with van der Waals surface area (Å²) in [5.41, 5.74) is 0.657. The Kier molecular flexibility index (Phi) is 1.78. The lowest BCUT2D eigenvalue weighted by atomic mass is 10.0. The molecular formula is C7H9NO. The summed E-state index contributed by atoms with van der Waals surface area (Å²) in [4.78, 5) is 9.95. The summed E-state index contributed by atoms with van der Waals surface area (Å²) in [6.07, 6.45) is 6.49. The van der Waals surface area contributed by atoms with Gasteiger partial charge in [-0.15, -0.1) is 4.91 Å². The molecule has 1 aliphatic carbocycles. The summed E-state index contributed by atoms with van der Waals surface area (Å²) in [6, 6.07) is 0. The van der Waals surface area contributed by atoms with Crippen molar-refractivity contribution in [3.05, 3.63) is 28.8 Å². The summed E-state index contributed by atoms with van der Waals surface area (Å²) in [5, 5.41) is 2.86. The molecule has 48 valence electrons. The fourth-order valence-corrected chi connectivity index (χ4v) is 0.890. The van der Waals surface area contributed by atoms with Crippen LogP contribution in [0.25, 0.3) is 0 Å². The van der Waals surface area contributed by atoms with Gasteiger partial charge in [0.1, 0.15) is 0 Å². The summed E-state index contributed by atoms with van der Waals surface area (Å²) in [6.45, 7) is 2.06. The Morgan fingerprint density at radius 2 is 2.56 bits per heavy atom. The van der Waals surface area contributed by atoms with Crippen molar-refractivity contribution in [3.63, 3.8) is 0 Å². The molecule has 0 saturated heterocycles. The van der Waals surface area contributed by atoms with Crippen LogP contribution in [0.2, 0.25) is 0 Å². The molecule has 9 heavy (non-hydrogen) atoms. The number of nitrogens with zero attached hydrogens (tertiary/aromatic N) is 1. The quantitative estimate of drug-likeness (QED) is 0.491. The van der Waals surface area contributed by atoms with Crippen LogP contribution in [0.1, 0.15) is 13.3 Å². The van der Waals surface area contributed by atoms with Gasteiger partial charge in [0.15, 0.2) is 0 Å². The van der Waals surface area contributed by atoms with Gasteiger partial charge in [-0.1, -0.05) is 19.1 Å². The number of allylic oxidation sites excluding steroid dienone is 4. The Balaban J connectivity index is 2.65.